The van der Waals surface area contributed by atoms with E-state index in [0.29, 0.717) is 35.4 Å². The van der Waals surface area contributed by atoms with Crippen molar-refractivity contribution in [3.63, 3.8) is 0 Å². The van der Waals surface area contributed by atoms with Crippen LogP contribution in [0.1, 0.15) is 16.7 Å². The normalized spacial score (nSPS) is 16.4. The highest BCUT2D eigenvalue weighted by Gasteiger charge is 2.29. The molecule has 8 nitrogen and oxygen atoms in total. The molecule has 28 heavy (non-hydrogen) atoms. The Kier molecular flexibility index (Phi) is 4.78. The maximum atomic E-state index is 13.1. The van der Waals surface area contributed by atoms with Gasteiger partial charge in [0.1, 0.15) is 6.61 Å². The molecule has 146 valence electrons. The van der Waals surface area contributed by atoms with Crippen LogP contribution in [-0.2, 0) is 38.1 Å². The standard InChI is InChI=1S/C18H19BN2O6S/c20-15-3-4-17(14(8-15)9-21-5-6-26-18(21)22)28(24,25)11-12-1-2-13-10-27-19(23)16(13)7-12/h1-4,7-8,23H,5-6,9-11,20H2. The minimum absolute atomic E-state index is 0.106. The molecule has 0 atom stereocenters. The van der Waals surface area contributed by atoms with E-state index in [1.54, 1.807) is 24.3 Å². The van der Waals surface area contributed by atoms with Crippen LogP contribution in [0.3, 0.4) is 0 Å². The number of hydrogen-bond acceptors (Lipinski definition) is 7. The maximum absolute atomic E-state index is 13.1. The van der Waals surface area contributed by atoms with Crippen LogP contribution in [0, 0.1) is 0 Å². The zero-order chi connectivity index (χ0) is 19.9. The molecule has 2 aromatic rings. The van der Waals surface area contributed by atoms with Crippen molar-refractivity contribution >= 4 is 34.2 Å². The van der Waals surface area contributed by atoms with Crippen LogP contribution in [0.25, 0.3) is 0 Å². The molecule has 2 aromatic carbocycles. The summed E-state index contributed by atoms with van der Waals surface area (Å²) >= 11 is 0. The van der Waals surface area contributed by atoms with Gasteiger partial charge in [-0.3, -0.25) is 0 Å². The molecule has 2 aliphatic heterocycles. The predicted octanol–water partition coefficient (Wildman–Crippen LogP) is 0.413. The van der Waals surface area contributed by atoms with Crippen molar-refractivity contribution in [2.45, 2.75) is 23.8 Å². The van der Waals surface area contributed by atoms with Crippen molar-refractivity contribution in [1.82, 2.24) is 4.90 Å². The SMILES string of the molecule is Nc1ccc(S(=O)(=O)Cc2ccc3c(c2)B(O)OC3)c(CN2CCOC2=O)c1. The molecule has 0 saturated carbocycles. The van der Waals surface area contributed by atoms with Gasteiger partial charge in [0, 0.05) is 5.69 Å². The number of fused-ring (bicyclic) bond motifs is 1. The summed E-state index contributed by atoms with van der Waals surface area (Å²) in [5.41, 5.74) is 8.68. The number of cyclic esters (lactones) is 1. The number of hydrogen-bond donors (Lipinski definition) is 2. The molecule has 10 heteroatoms. The van der Waals surface area contributed by atoms with Crippen molar-refractivity contribution in [3.05, 3.63) is 53.1 Å². The first-order valence-corrected chi connectivity index (χ1v) is 10.4. The second kappa shape index (κ2) is 7.12. The van der Waals surface area contributed by atoms with Gasteiger partial charge in [0.2, 0.25) is 0 Å². The minimum atomic E-state index is -3.71. The number of carbonyl (C=O) groups excluding carboxylic acids is 1. The smallest absolute Gasteiger partial charge is 0.448 e. The third-order valence-corrected chi connectivity index (χ3v) is 6.64. The quantitative estimate of drug-likeness (QED) is 0.549. The molecule has 2 heterocycles. The van der Waals surface area contributed by atoms with E-state index in [1.807, 2.05) is 0 Å². The summed E-state index contributed by atoms with van der Waals surface area (Å²) in [4.78, 5) is 13.3. The Morgan fingerprint density at radius 3 is 2.79 bits per heavy atom. The lowest BCUT2D eigenvalue weighted by Gasteiger charge is -2.17. The first-order chi connectivity index (χ1) is 13.3. The summed E-state index contributed by atoms with van der Waals surface area (Å²) in [5, 5.41) is 9.85. The Balaban J connectivity index is 1.64. The van der Waals surface area contributed by atoms with E-state index in [4.69, 9.17) is 15.1 Å². The number of rotatable bonds is 5. The first kappa shape index (κ1) is 18.8. The Bertz CT molecular complexity index is 1040. The molecule has 0 aliphatic carbocycles. The largest absolute Gasteiger partial charge is 0.491 e. The van der Waals surface area contributed by atoms with E-state index in [-0.39, 0.29) is 23.8 Å². The molecule has 0 aromatic heterocycles. The number of anilines is 1. The third kappa shape index (κ3) is 3.58. The summed E-state index contributed by atoms with van der Waals surface area (Å²) < 4.78 is 36.3. The van der Waals surface area contributed by atoms with Crippen LogP contribution < -0.4 is 11.2 Å². The zero-order valence-electron chi connectivity index (χ0n) is 15.0. The number of benzene rings is 2. The van der Waals surface area contributed by atoms with Gasteiger partial charge in [-0.2, -0.15) is 0 Å². The molecule has 0 spiro atoms. The summed E-state index contributed by atoms with van der Waals surface area (Å²) in [6.07, 6.45) is -0.474. The summed E-state index contributed by atoms with van der Waals surface area (Å²) in [5.74, 6) is -0.242. The second-order valence-corrected chi connectivity index (χ2v) is 8.82. The van der Waals surface area contributed by atoms with E-state index in [1.165, 1.54) is 17.0 Å². The van der Waals surface area contributed by atoms with Gasteiger partial charge in [0.25, 0.3) is 0 Å². The lowest BCUT2D eigenvalue weighted by Crippen LogP contribution is -2.28. The molecule has 4 rings (SSSR count). The fourth-order valence-corrected chi connectivity index (χ4v) is 5.02. The van der Waals surface area contributed by atoms with Crippen LogP contribution >= 0.6 is 0 Å². The van der Waals surface area contributed by atoms with E-state index in [2.05, 4.69) is 0 Å². The maximum Gasteiger partial charge on any atom is 0.491 e. The number of amides is 1. The van der Waals surface area contributed by atoms with Gasteiger partial charge < -0.3 is 25.0 Å². The topological polar surface area (TPSA) is 119 Å². The average Bonchev–Trinajstić information content (AvgIpc) is 3.21. The zero-order valence-corrected chi connectivity index (χ0v) is 15.8. The van der Waals surface area contributed by atoms with Crippen LogP contribution in [0.2, 0.25) is 0 Å². The highest BCUT2D eigenvalue weighted by Crippen LogP contribution is 2.25. The summed E-state index contributed by atoms with van der Waals surface area (Å²) in [7, 11) is -4.75. The first-order valence-electron chi connectivity index (χ1n) is 8.78. The molecule has 0 radical (unpaired) electrons. The number of sulfone groups is 1. The van der Waals surface area contributed by atoms with Gasteiger partial charge in [-0.1, -0.05) is 18.2 Å². The molecule has 1 amide bonds. The molecule has 0 bridgehead atoms. The van der Waals surface area contributed by atoms with Crippen molar-refractivity contribution in [1.29, 1.82) is 0 Å². The molecule has 1 saturated heterocycles. The fraction of sp³-hybridized carbons (Fsp3) is 0.278. The van der Waals surface area contributed by atoms with E-state index in [0.717, 1.165) is 5.56 Å². The number of nitrogens with zero attached hydrogens (tertiary/aromatic N) is 1. The lowest BCUT2D eigenvalue weighted by molar-refractivity contribution is 0.157. The fourth-order valence-electron chi connectivity index (χ4n) is 3.45. The van der Waals surface area contributed by atoms with Crippen molar-refractivity contribution < 1.29 is 27.6 Å². The summed E-state index contributed by atoms with van der Waals surface area (Å²) in [6, 6.07) is 9.69. The van der Waals surface area contributed by atoms with Gasteiger partial charge in [0.05, 0.1) is 30.3 Å². The number of nitrogens with two attached hydrogens (primary N) is 1. The van der Waals surface area contributed by atoms with Gasteiger partial charge in [-0.25, -0.2) is 13.2 Å². The molecule has 3 N–H and O–H groups in total. The highest BCUT2D eigenvalue weighted by molar-refractivity contribution is 7.90. The van der Waals surface area contributed by atoms with Crippen LogP contribution in [-0.4, -0.2) is 44.7 Å². The minimum Gasteiger partial charge on any atom is -0.448 e. The van der Waals surface area contributed by atoms with Crippen LogP contribution in [0.4, 0.5) is 10.5 Å². The lowest BCUT2D eigenvalue weighted by atomic mass is 9.79. The second-order valence-electron chi connectivity index (χ2n) is 6.86. The molecular weight excluding hydrogens is 383 g/mol. The van der Waals surface area contributed by atoms with Crippen molar-refractivity contribution in [2.75, 3.05) is 18.9 Å². The third-order valence-electron chi connectivity index (χ3n) is 4.86. The molecular formula is C18H19BN2O6S. The Hall–Kier alpha value is -2.56. The number of carbonyl (C=O) groups is 1. The summed E-state index contributed by atoms with van der Waals surface area (Å²) in [6.45, 7) is 1.09. The Labute approximate surface area is 162 Å². The van der Waals surface area contributed by atoms with E-state index >= 15 is 0 Å². The molecule has 2 aliphatic rings. The molecule has 0 unspecified atom stereocenters. The molecule has 1 fully saturated rings. The van der Waals surface area contributed by atoms with E-state index < -0.39 is 23.0 Å². The monoisotopic (exact) mass is 402 g/mol. The number of nitrogen functional groups attached to an aromatic ring is 1. The van der Waals surface area contributed by atoms with Gasteiger partial charge >= 0.3 is 13.2 Å². The highest BCUT2D eigenvalue weighted by atomic mass is 32.2. The van der Waals surface area contributed by atoms with Gasteiger partial charge in [-0.15, -0.1) is 0 Å². The Morgan fingerprint density at radius 2 is 2.04 bits per heavy atom. The van der Waals surface area contributed by atoms with Crippen LogP contribution in [0.5, 0.6) is 0 Å². The Morgan fingerprint density at radius 1 is 1.21 bits per heavy atom. The van der Waals surface area contributed by atoms with Gasteiger partial charge in [-0.05, 0) is 40.4 Å². The average molecular weight is 402 g/mol. The van der Waals surface area contributed by atoms with E-state index in [9.17, 15) is 18.2 Å². The number of ether oxygens (including phenoxy) is 1. The predicted molar refractivity (Wildman–Crippen MR) is 102 cm³/mol. The van der Waals surface area contributed by atoms with Crippen LogP contribution in [0.15, 0.2) is 41.3 Å². The van der Waals surface area contributed by atoms with Crippen molar-refractivity contribution in [3.8, 4) is 0 Å². The van der Waals surface area contributed by atoms with Crippen molar-refractivity contribution in [2.24, 2.45) is 0 Å². The van der Waals surface area contributed by atoms with Gasteiger partial charge in [0.15, 0.2) is 9.84 Å².